The number of aromatic amines is 1. The molecule has 3 aromatic rings. The van der Waals surface area contributed by atoms with E-state index in [1.165, 1.54) is 11.3 Å². The number of nitrogens with one attached hydrogen (secondary N) is 3. The fourth-order valence-electron chi connectivity index (χ4n) is 4.79. The Morgan fingerprint density at radius 3 is 2.75 bits per heavy atom. The highest BCUT2D eigenvalue weighted by Crippen LogP contribution is 2.35. The van der Waals surface area contributed by atoms with Gasteiger partial charge in [-0.3, -0.25) is 19.5 Å². The van der Waals surface area contributed by atoms with E-state index in [1.54, 1.807) is 25.4 Å². The molecule has 1 aliphatic heterocycles. The van der Waals surface area contributed by atoms with Crippen LogP contribution in [-0.4, -0.2) is 52.0 Å². The van der Waals surface area contributed by atoms with Crippen LogP contribution in [0.3, 0.4) is 0 Å². The predicted octanol–water partition coefficient (Wildman–Crippen LogP) is 2.61. The third-order valence-corrected chi connectivity index (χ3v) is 7.76. The highest BCUT2D eigenvalue weighted by atomic mass is 32.1. The molecule has 1 aliphatic carbocycles. The average molecular weight is 452 g/mol. The number of hydrogen-bond donors (Lipinski definition) is 3. The first-order valence-corrected chi connectivity index (χ1v) is 11.7. The van der Waals surface area contributed by atoms with Crippen LogP contribution >= 0.6 is 11.3 Å². The number of carbonyl (C=O) groups is 3. The quantitative estimate of drug-likeness (QED) is 0.567. The van der Waals surface area contributed by atoms with Crippen molar-refractivity contribution in [3.8, 4) is 0 Å². The molecule has 0 spiro atoms. The van der Waals surface area contributed by atoms with Crippen molar-refractivity contribution in [1.82, 2.24) is 25.7 Å². The summed E-state index contributed by atoms with van der Waals surface area (Å²) >= 11 is 1.50. The second-order valence-corrected chi connectivity index (χ2v) is 9.67. The first-order chi connectivity index (χ1) is 15.5. The smallest absolute Gasteiger partial charge is 0.261 e. The van der Waals surface area contributed by atoms with Gasteiger partial charge in [0, 0.05) is 36.0 Å². The number of thiophene rings is 1. The van der Waals surface area contributed by atoms with Gasteiger partial charge in [0.1, 0.15) is 5.54 Å². The molecule has 1 fully saturated rings. The van der Waals surface area contributed by atoms with E-state index < -0.39 is 5.54 Å². The number of aromatic nitrogens is 2. The Kier molecular flexibility index (Phi) is 5.21. The third-order valence-electron chi connectivity index (χ3n) is 6.53. The van der Waals surface area contributed by atoms with Crippen molar-refractivity contribution in [3.05, 3.63) is 51.3 Å². The molecule has 9 heteroatoms. The maximum absolute atomic E-state index is 13.7. The van der Waals surface area contributed by atoms with Gasteiger partial charge in [-0.2, -0.15) is 5.10 Å². The first kappa shape index (κ1) is 20.7. The van der Waals surface area contributed by atoms with Crippen LogP contribution in [-0.2, 0) is 17.8 Å². The molecular formula is C23H25N5O3S. The molecule has 3 heterocycles. The molecule has 2 aromatic heterocycles. The summed E-state index contributed by atoms with van der Waals surface area (Å²) in [5.74, 6) is -0.360. The molecule has 2 aliphatic rings. The maximum Gasteiger partial charge on any atom is 0.261 e. The number of H-pyrrole nitrogens is 1. The van der Waals surface area contributed by atoms with Crippen LogP contribution in [0.25, 0.3) is 10.9 Å². The van der Waals surface area contributed by atoms with Gasteiger partial charge >= 0.3 is 0 Å². The molecule has 5 rings (SSSR count). The van der Waals surface area contributed by atoms with E-state index in [9.17, 15) is 14.4 Å². The Labute approximate surface area is 189 Å². The van der Waals surface area contributed by atoms with Gasteiger partial charge in [-0.1, -0.05) is 12.8 Å². The lowest BCUT2D eigenvalue weighted by molar-refractivity contribution is -0.138. The summed E-state index contributed by atoms with van der Waals surface area (Å²) in [5, 5.41) is 13.5. The SMILES string of the molecule is CNC(=O)c1cc2c(s1)CCN(C(=O)C1(NC(=O)c3ccc4[nH]ncc4c3)CCCC1)C2. The number of fused-ring (bicyclic) bond motifs is 2. The van der Waals surface area contributed by atoms with Crippen LogP contribution in [0.2, 0.25) is 0 Å². The van der Waals surface area contributed by atoms with Crippen molar-refractivity contribution in [3.63, 3.8) is 0 Å². The minimum atomic E-state index is -0.875. The molecule has 0 saturated heterocycles. The van der Waals surface area contributed by atoms with Crippen molar-refractivity contribution in [1.29, 1.82) is 0 Å². The van der Waals surface area contributed by atoms with Gasteiger partial charge in [0.15, 0.2) is 0 Å². The van der Waals surface area contributed by atoms with E-state index in [0.29, 0.717) is 36.4 Å². The lowest BCUT2D eigenvalue weighted by atomic mass is 9.93. The fraction of sp³-hybridized carbons (Fsp3) is 0.391. The summed E-state index contributed by atoms with van der Waals surface area (Å²) in [6.45, 7) is 1.07. The molecule has 0 radical (unpaired) electrons. The Hall–Kier alpha value is -3.20. The molecule has 0 atom stereocenters. The van der Waals surface area contributed by atoms with Crippen LogP contribution < -0.4 is 10.6 Å². The molecule has 8 nitrogen and oxygen atoms in total. The minimum absolute atomic E-state index is 0.0221. The van der Waals surface area contributed by atoms with Gasteiger partial charge in [-0.15, -0.1) is 11.3 Å². The molecule has 166 valence electrons. The van der Waals surface area contributed by atoms with Gasteiger partial charge in [-0.25, -0.2) is 0 Å². The van der Waals surface area contributed by atoms with E-state index in [2.05, 4.69) is 20.8 Å². The molecule has 1 aromatic carbocycles. The van der Waals surface area contributed by atoms with Crippen molar-refractivity contribution < 1.29 is 14.4 Å². The number of rotatable bonds is 4. The largest absolute Gasteiger partial charge is 0.354 e. The molecular weight excluding hydrogens is 426 g/mol. The van der Waals surface area contributed by atoms with E-state index in [-0.39, 0.29) is 17.7 Å². The van der Waals surface area contributed by atoms with E-state index in [4.69, 9.17) is 0 Å². The number of benzene rings is 1. The normalized spacial score (nSPS) is 17.2. The summed E-state index contributed by atoms with van der Waals surface area (Å²) < 4.78 is 0. The Balaban J connectivity index is 1.36. The maximum atomic E-state index is 13.7. The van der Waals surface area contributed by atoms with Gasteiger partial charge in [0.25, 0.3) is 11.8 Å². The van der Waals surface area contributed by atoms with E-state index >= 15 is 0 Å². The number of nitrogens with zero attached hydrogens (tertiary/aromatic N) is 2. The van der Waals surface area contributed by atoms with Crippen molar-refractivity contribution in [2.45, 2.75) is 44.2 Å². The van der Waals surface area contributed by atoms with E-state index in [1.807, 2.05) is 17.0 Å². The minimum Gasteiger partial charge on any atom is -0.354 e. The van der Waals surface area contributed by atoms with Gasteiger partial charge in [-0.05, 0) is 49.1 Å². The van der Waals surface area contributed by atoms with Crippen molar-refractivity contribution in [2.75, 3.05) is 13.6 Å². The second-order valence-electron chi connectivity index (χ2n) is 8.53. The van der Waals surface area contributed by atoms with Crippen molar-refractivity contribution in [2.24, 2.45) is 0 Å². The van der Waals surface area contributed by atoms with Crippen LogP contribution in [0.15, 0.2) is 30.5 Å². The zero-order valence-corrected chi connectivity index (χ0v) is 18.7. The molecule has 0 bridgehead atoms. The summed E-state index contributed by atoms with van der Waals surface area (Å²) in [6.07, 6.45) is 5.51. The fourth-order valence-corrected chi connectivity index (χ4v) is 5.90. The topological polar surface area (TPSA) is 107 Å². The molecule has 0 unspecified atom stereocenters. The van der Waals surface area contributed by atoms with Crippen LogP contribution in [0, 0.1) is 0 Å². The Morgan fingerprint density at radius 2 is 1.97 bits per heavy atom. The molecule has 3 amide bonds. The van der Waals surface area contributed by atoms with Crippen molar-refractivity contribution >= 4 is 40.0 Å². The van der Waals surface area contributed by atoms with E-state index in [0.717, 1.165) is 40.6 Å². The first-order valence-electron chi connectivity index (χ1n) is 10.9. The molecule has 3 N–H and O–H groups in total. The van der Waals surface area contributed by atoms with Gasteiger partial charge in [0.05, 0.1) is 16.6 Å². The molecule has 32 heavy (non-hydrogen) atoms. The van der Waals surface area contributed by atoms with Crippen LogP contribution in [0.5, 0.6) is 0 Å². The summed E-state index contributed by atoms with van der Waals surface area (Å²) in [4.78, 5) is 42.5. The highest BCUT2D eigenvalue weighted by Gasteiger charge is 2.45. The standard InChI is InChI=1S/C23H25N5O3S/c1-24-21(30)19-11-16-13-28(9-6-18(16)32-19)22(31)23(7-2-3-8-23)26-20(29)14-4-5-17-15(10-14)12-25-27-17/h4-5,10-12H,2-3,6-9,13H2,1H3,(H,24,30)(H,25,27)(H,26,29). The Bertz CT molecular complexity index is 1210. The number of carbonyl (C=O) groups excluding carboxylic acids is 3. The second kappa shape index (κ2) is 8.05. The van der Waals surface area contributed by atoms with Crippen LogP contribution in [0.4, 0.5) is 0 Å². The highest BCUT2D eigenvalue weighted by molar-refractivity contribution is 7.14. The average Bonchev–Trinajstić information content (AvgIpc) is 3.56. The monoisotopic (exact) mass is 451 g/mol. The lowest BCUT2D eigenvalue weighted by Crippen LogP contribution is -2.58. The van der Waals surface area contributed by atoms with Crippen LogP contribution in [0.1, 0.15) is 56.2 Å². The lowest BCUT2D eigenvalue weighted by Gasteiger charge is -2.37. The molecule has 1 saturated carbocycles. The summed E-state index contributed by atoms with van der Waals surface area (Å²) in [5.41, 5.74) is 1.54. The summed E-state index contributed by atoms with van der Waals surface area (Å²) in [7, 11) is 1.62. The summed E-state index contributed by atoms with van der Waals surface area (Å²) in [6, 6.07) is 7.26. The predicted molar refractivity (Wildman–Crippen MR) is 122 cm³/mol. The van der Waals surface area contributed by atoms with Gasteiger partial charge in [0.2, 0.25) is 5.91 Å². The number of hydrogen-bond acceptors (Lipinski definition) is 5. The third kappa shape index (κ3) is 3.56. The van der Waals surface area contributed by atoms with Gasteiger partial charge < -0.3 is 15.5 Å². The number of amides is 3. The zero-order chi connectivity index (χ0) is 22.3. The zero-order valence-electron chi connectivity index (χ0n) is 17.9. The Morgan fingerprint density at radius 1 is 1.16 bits per heavy atom.